The number of hydrogen-bond donors (Lipinski definition) is 3. The molecule has 0 aromatic carbocycles. The molecular formula is C10H13N5O. The van der Waals surface area contributed by atoms with Crippen LogP contribution in [0.2, 0.25) is 0 Å². The van der Waals surface area contributed by atoms with E-state index in [-0.39, 0.29) is 5.91 Å². The normalized spacial score (nSPS) is 10.3. The molecule has 0 aliphatic heterocycles. The van der Waals surface area contributed by atoms with Gasteiger partial charge in [-0.2, -0.15) is 5.10 Å². The summed E-state index contributed by atoms with van der Waals surface area (Å²) in [5.74, 6) is -0.192. The molecule has 6 nitrogen and oxygen atoms in total. The lowest BCUT2D eigenvalue weighted by Gasteiger charge is -2.00. The van der Waals surface area contributed by atoms with Crippen molar-refractivity contribution >= 4 is 11.6 Å². The van der Waals surface area contributed by atoms with Crippen molar-refractivity contribution in [2.45, 2.75) is 6.54 Å². The highest BCUT2D eigenvalue weighted by molar-refractivity contribution is 5.93. The van der Waals surface area contributed by atoms with Crippen LogP contribution < -0.4 is 11.1 Å². The fraction of sp³-hybridized carbons (Fsp3) is 0.200. The van der Waals surface area contributed by atoms with Crippen LogP contribution in [0.25, 0.3) is 0 Å². The molecule has 2 heterocycles. The summed E-state index contributed by atoms with van der Waals surface area (Å²) >= 11 is 0. The molecule has 0 bridgehead atoms. The third-order valence-electron chi connectivity index (χ3n) is 2.15. The Morgan fingerprint density at radius 1 is 1.69 bits per heavy atom. The van der Waals surface area contributed by atoms with Gasteiger partial charge >= 0.3 is 0 Å². The van der Waals surface area contributed by atoms with Gasteiger partial charge < -0.3 is 16.0 Å². The minimum absolute atomic E-state index is 0.192. The minimum atomic E-state index is -0.192. The highest BCUT2D eigenvalue weighted by Gasteiger charge is 2.07. The van der Waals surface area contributed by atoms with E-state index in [0.29, 0.717) is 17.9 Å². The number of carbonyl (C=O) groups excluding carboxylic acids is 1. The molecule has 0 spiro atoms. The molecule has 0 aliphatic carbocycles. The summed E-state index contributed by atoms with van der Waals surface area (Å²) < 4.78 is 1.69. The number of anilines is 1. The van der Waals surface area contributed by atoms with Crippen molar-refractivity contribution in [1.29, 1.82) is 0 Å². The number of aromatic amines is 1. The number of aryl methyl sites for hydroxylation is 1. The molecular weight excluding hydrogens is 206 g/mol. The minimum Gasteiger partial charge on any atom is -0.397 e. The van der Waals surface area contributed by atoms with Crippen LogP contribution in [-0.2, 0) is 13.6 Å². The molecule has 0 saturated heterocycles. The van der Waals surface area contributed by atoms with Crippen molar-refractivity contribution in [3.8, 4) is 0 Å². The first-order valence-electron chi connectivity index (χ1n) is 4.86. The van der Waals surface area contributed by atoms with E-state index in [1.165, 1.54) is 0 Å². The number of amides is 1. The predicted octanol–water partition coefficient (Wildman–Crippen LogP) is 0.260. The van der Waals surface area contributed by atoms with Crippen LogP contribution in [0, 0.1) is 0 Å². The Labute approximate surface area is 92.5 Å². The van der Waals surface area contributed by atoms with Crippen molar-refractivity contribution < 1.29 is 4.79 Å². The van der Waals surface area contributed by atoms with E-state index in [4.69, 9.17) is 5.73 Å². The number of H-pyrrole nitrogens is 1. The van der Waals surface area contributed by atoms with Crippen molar-refractivity contribution in [3.63, 3.8) is 0 Å². The molecule has 0 atom stereocenters. The van der Waals surface area contributed by atoms with Crippen LogP contribution in [0.4, 0.5) is 5.69 Å². The first-order valence-corrected chi connectivity index (χ1v) is 4.86. The Morgan fingerprint density at radius 2 is 2.50 bits per heavy atom. The monoisotopic (exact) mass is 219 g/mol. The van der Waals surface area contributed by atoms with Gasteiger partial charge in [0, 0.05) is 25.1 Å². The highest BCUT2D eigenvalue weighted by Crippen LogP contribution is 2.04. The molecule has 16 heavy (non-hydrogen) atoms. The van der Waals surface area contributed by atoms with Gasteiger partial charge in [0.05, 0.1) is 12.2 Å². The first kappa shape index (κ1) is 10.3. The van der Waals surface area contributed by atoms with E-state index >= 15 is 0 Å². The standard InChI is InChI=1S/C10H13N5O/c1-15-3-2-8(14-15)6-13-10(16)9-4-7(11)5-12-9/h2-5,12H,6,11H2,1H3,(H,13,16). The van der Waals surface area contributed by atoms with Crippen molar-refractivity contribution in [2.24, 2.45) is 7.05 Å². The Kier molecular flexibility index (Phi) is 2.63. The summed E-state index contributed by atoms with van der Waals surface area (Å²) in [6.45, 7) is 0.401. The van der Waals surface area contributed by atoms with Crippen LogP contribution in [0.3, 0.4) is 0 Å². The number of nitrogens with zero attached hydrogens (tertiary/aromatic N) is 2. The lowest BCUT2D eigenvalue weighted by Crippen LogP contribution is -2.23. The second-order valence-corrected chi connectivity index (χ2v) is 3.51. The molecule has 0 unspecified atom stereocenters. The Morgan fingerprint density at radius 3 is 3.06 bits per heavy atom. The fourth-order valence-corrected chi connectivity index (χ4v) is 1.37. The predicted molar refractivity (Wildman–Crippen MR) is 59.6 cm³/mol. The maximum absolute atomic E-state index is 11.6. The second-order valence-electron chi connectivity index (χ2n) is 3.51. The van der Waals surface area contributed by atoms with E-state index in [1.807, 2.05) is 19.3 Å². The van der Waals surface area contributed by atoms with E-state index in [2.05, 4.69) is 15.4 Å². The molecule has 4 N–H and O–H groups in total. The number of nitrogen functional groups attached to an aromatic ring is 1. The van der Waals surface area contributed by atoms with Crippen LogP contribution in [-0.4, -0.2) is 20.7 Å². The number of nitrogens with two attached hydrogens (primary N) is 1. The molecule has 1 amide bonds. The van der Waals surface area contributed by atoms with Crippen molar-refractivity contribution in [3.05, 3.63) is 35.9 Å². The molecule has 0 fully saturated rings. The molecule has 2 aromatic rings. The summed E-state index contributed by atoms with van der Waals surface area (Å²) in [5, 5.41) is 6.89. The average Bonchev–Trinajstić information content (AvgIpc) is 2.84. The van der Waals surface area contributed by atoms with Gasteiger partial charge in [-0.25, -0.2) is 0 Å². The third kappa shape index (κ3) is 2.22. The lowest BCUT2D eigenvalue weighted by atomic mass is 10.3. The number of nitrogens with one attached hydrogen (secondary N) is 2. The second kappa shape index (κ2) is 4.09. The van der Waals surface area contributed by atoms with E-state index in [0.717, 1.165) is 5.69 Å². The van der Waals surface area contributed by atoms with E-state index in [9.17, 15) is 4.79 Å². The largest absolute Gasteiger partial charge is 0.397 e. The average molecular weight is 219 g/mol. The van der Waals surface area contributed by atoms with E-state index in [1.54, 1.807) is 16.9 Å². The molecule has 0 aliphatic rings. The molecule has 0 radical (unpaired) electrons. The zero-order valence-electron chi connectivity index (χ0n) is 8.90. The zero-order valence-corrected chi connectivity index (χ0v) is 8.90. The molecule has 2 rings (SSSR count). The van der Waals surface area contributed by atoms with E-state index < -0.39 is 0 Å². The van der Waals surface area contributed by atoms with Crippen molar-refractivity contribution in [1.82, 2.24) is 20.1 Å². The van der Waals surface area contributed by atoms with Crippen LogP contribution in [0.1, 0.15) is 16.2 Å². The van der Waals surface area contributed by atoms with Gasteiger partial charge in [-0.05, 0) is 12.1 Å². The van der Waals surface area contributed by atoms with Crippen LogP contribution in [0.5, 0.6) is 0 Å². The summed E-state index contributed by atoms with van der Waals surface area (Å²) in [4.78, 5) is 14.4. The maximum atomic E-state index is 11.6. The third-order valence-corrected chi connectivity index (χ3v) is 2.15. The topological polar surface area (TPSA) is 88.7 Å². The van der Waals surface area contributed by atoms with Gasteiger partial charge in [-0.3, -0.25) is 9.48 Å². The maximum Gasteiger partial charge on any atom is 0.268 e. The van der Waals surface area contributed by atoms with Crippen LogP contribution >= 0.6 is 0 Å². The number of aromatic nitrogens is 3. The summed E-state index contributed by atoms with van der Waals surface area (Å²) in [5.41, 5.74) is 7.31. The summed E-state index contributed by atoms with van der Waals surface area (Å²) in [6.07, 6.45) is 3.41. The SMILES string of the molecule is Cn1ccc(CNC(=O)c2cc(N)c[nH]2)n1. The van der Waals surface area contributed by atoms with Crippen LogP contribution in [0.15, 0.2) is 24.5 Å². The van der Waals surface area contributed by atoms with Gasteiger partial charge in [0.1, 0.15) is 5.69 Å². The quantitative estimate of drug-likeness (QED) is 0.691. The van der Waals surface area contributed by atoms with Crippen molar-refractivity contribution in [2.75, 3.05) is 5.73 Å². The number of rotatable bonds is 3. The Bertz CT molecular complexity index is 499. The Hall–Kier alpha value is -2.24. The molecule has 0 saturated carbocycles. The Balaban J connectivity index is 1.93. The van der Waals surface area contributed by atoms with Gasteiger partial charge in [0.15, 0.2) is 0 Å². The zero-order chi connectivity index (χ0) is 11.5. The van der Waals surface area contributed by atoms with Gasteiger partial charge in [0.2, 0.25) is 0 Å². The summed E-state index contributed by atoms with van der Waals surface area (Å²) in [6, 6.07) is 3.44. The summed E-state index contributed by atoms with van der Waals surface area (Å²) in [7, 11) is 1.83. The fourth-order valence-electron chi connectivity index (χ4n) is 1.37. The first-order chi connectivity index (χ1) is 7.65. The number of hydrogen-bond acceptors (Lipinski definition) is 3. The van der Waals surface area contributed by atoms with Gasteiger partial charge in [-0.1, -0.05) is 0 Å². The smallest absolute Gasteiger partial charge is 0.268 e. The van der Waals surface area contributed by atoms with Gasteiger partial charge in [0.25, 0.3) is 5.91 Å². The molecule has 6 heteroatoms. The van der Waals surface area contributed by atoms with Gasteiger partial charge in [-0.15, -0.1) is 0 Å². The molecule has 2 aromatic heterocycles. The number of carbonyl (C=O) groups is 1. The molecule has 84 valence electrons. The highest BCUT2D eigenvalue weighted by atomic mass is 16.1. The lowest BCUT2D eigenvalue weighted by molar-refractivity contribution is 0.0946.